The fourth-order valence-electron chi connectivity index (χ4n) is 3.39. The molecule has 1 aromatic carbocycles. The lowest BCUT2D eigenvalue weighted by Crippen LogP contribution is -2.33. The Bertz CT molecular complexity index is 1190. The summed E-state index contributed by atoms with van der Waals surface area (Å²) in [6.07, 6.45) is -1.70. The normalized spacial score (nSPS) is 24.0. The Morgan fingerprint density at radius 3 is 2.60 bits per heavy atom. The van der Waals surface area contributed by atoms with Gasteiger partial charge in [-0.25, -0.2) is 4.98 Å². The number of rotatable bonds is 4. The molecule has 0 aliphatic carbocycles. The fourth-order valence-corrected chi connectivity index (χ4v) is 3.39. The highest BCUT2D eigenvalue weighted by Crippen LogP contribution is 2.32. The van der Waals surface area contributed by atoms with E-state index in [1.165, 1.54) is 15.6 Å². The second kappa shape index (κ2) is 7.11. The van der Waals surface area contributed by atoms with E-state index in [1.54, 1.807) is 6.20 Å². The molecule has 1 aliphatic heterocycles. The van der Waals surface area contributed by atoms with Crippen molar-refractivity contribution in [1.29, 1.82) is 0 Å². The summed E-state index contributed by atoms with van der Waals surface area (Å²) in [7, 11) is 0. The van der Waals surface area contributed by atoms with E-state index in [9.17, 15) is 20.4 Å². The molecule has 0 amide bonds. The van der Waals surface area contributed by atoms with Crippen LogP contribution in [-0.4, -0.2) is 79.9 Å². The van der Waals surface area contributed by atoms with E-state index in [-0.39, 0.29) is 17.1 Å². The summed E-state index contributed by atoms with van der Waals surface area (Å²) in [5.74, 6) is -0.361. The first-order chi connectivity index (χ1) is 14.6. The second-order valence-electron chi connectivity index (χ2n) is 6.81. The molecule has 0 bridgehead atoms. The fraction of sp³-hybridized carbons (Fsp3) is 0.278. The Morgan fingerprint density at radius 2 is 1.87 bits per heavy atom. The molecule has 1 fully saturated rings. The van der Waals surface area contributed by atoms with Crippen molar-refractivity contribution in [3.63, 3.8) is 0 Å². The van der Waals surface area contributed by atoms with Gasteiger partial charge in [-0.3, -0.25) is 4.57 Å². The zero-order valence-corrected chi connectivity index (χ0v) is 15.4. The first kappa shape index (κ1) is 18.6. The topological polar surface area (TPSA) is 164 Å². The standard InChI is InChI=1S/C18H17N7O5/c26-7-11-13(27)14(28)17(30-11)24-8-19-12-15(24)20-18(21-16(12)29)25-6-10(22-23-25)9-4-2-1-3-5-9/h1-6,8,11,13-14,17,26-28H,7H2,(H,20,21,29)/t11-,13-,14-,17-/m1/s1. The number of aromatic hydroxyl groups is 1. The minimum atomic E-state index is -1.32. The highest BCUT2D eigenvalue weighted by molar-refractivity contribution is 5.76. The van der Waals surface area contributed by atoms with E-state index in [0.29, 0.717) is 5.69 Å². The number of aliphatic hydroxyl groups excluding tert-OH is 3. The molecule has 3 aromatic heterocycles. The first-order valence-corrected chi connectivity index (χ1v) is 9.11. The Kier molecular flexibility index (Phi) is 4.40. The highest BCUT2D eigenvalue weighted by Gasteiger charge is 2.44. The molecular formula is C18H17N7O5. The highest BCUT2D eigenvalue weighted by atomic mass is 16.6. The van der Waals surface area contributed by atoms with E-state index in [1.807, 2.05) is 30.3 Å². The lowest BCUT2D eigenvalue weighted by atomic mass is 10.1. The minimum absolute atomic E-state index is 0.0307. The molecule has 0 spiro atoms. The van der Waals surface area contributed by atoms with Gasteiger partial charge in [-0.05, 0) is 0 Å². The van der Waals surface area contributed by atoms with Gasteiger partial charge in [0.1, 0.15) is 24.0 Å². The Balaban J connectivity index is 1.56. The number of fused-ring (bicyclic) bond motifs is 1. The SMILES string of the molecule is OC[C@H]1O[C@@H](n2cnc3c(O)nc(-n4cc(-c5ccccc5)nn4)nc32)[C@H](O)[C@@H]1O. The molecule has 5 rings (SSSR count). The number of benzene rings is 1. The van der Waals surface area contributed by atoms with Crippen molar-refractivity contribution in [3.05, 3.63) is 42.9 Å². The quantitative estimate of drug-likeness (QED) is 0.340. The third-order valence-electron chi connectivity index (χ3n) is 4.95. The maximum absolute atomic E-state index is 10.3. The van der Waals surface area contributed by atoms with Gasteiger partial charge in [-0.1, -0.05) is 35.5 Å². The zero-order valence-electron chi connectivity index (χ0n) is 15.4. The monoisotopic (exact) mass is 411 g/mol. The van der Waals surface area contributed by atoms with Crippen LogP contribution in [0.15, 0.2) is 42.9 Å². The lowest BCUT2D eigenvalue weighted by molar-refractivity contribution is -0.0511. The van der Waals surface area contributed by atoms with Crippen LogP contribution in [0.3, 0.4) is 0 Å². The Morgan fingerprint density at radius 1 is 1.07 bits per heavy atom. The largest absolute Gasteiger partial charge is 0.492 e. The summed E-state index contributed by atoms with van der Waals surface area (Å²) >= 11 is 0. The summed E-state index contributed by atoms with van der Waals surface area (Å²) in [4.78, 5) is 12.5. The van der Waals surface area contributed by atoms with Crippen molar-refractivity contribution in [2.75, 3.05) is 6.61 Å². The molecule has 4 atom stereocenters. The average molecular weight is 411 g/mol. The van der Waals surface area contributed by atoms with Crippen LogP contribution >= 0.6 is 0 Å². The molecule has 30 heavy (non-hydrogen) atoms. The maximum atomic E-state index is 10.3. The second-order valence-corrected chi connectivity index (χ2v) is 6.81. The van der Waals surface area contributed by atoms with Gasteiger partial charge >= 0.3 is 0 Å². The van der Waals surface area contributed by atoms with E-state index < -0.39 is 37.0 Å². The summed E-state index contributed by atoms with van der Waals surface area (Å²) in [6, 6.07) is 9.41. The molecule has 4 aromatic rings. The molecule has 154 valence electrons. The van der Waals surface area contributed by atoms with Gasteiger partial charge in [0.2, 0.25) is 5.88 Å². The van der Waals surface area contributed by atoms with Gasteiger partial charge < -0.3 is 25.2 Å². The van der Waals surface area contributed by atoms with Crippen molar-refractivity contribution >= 4 is 11.2 Å². The molecule has 0 saturated carbocycles. The Labute approximate surface area is 168 Å². The van der Waals surface area contributed by atoms with Crippen LogP contribution < -0.4 is 0 Å². The number of nitrogens with zero attached hydrogens (tertiary/aromatic N) is 7. The summed E-state index contributed by atoms with van der Waals surface area (Å²) < 4.78 is 8.19. The van der Waals surface area contributed by atoms with Crippen LogP contribution in [0, 0.1) is 0 Å². The molecule has 0 unspecified atom stereocenters. The van der Waals surface area contributed by atoms with Crippen molar-refractivity contribution in [2.45, 2.75) is 24.5 Å². The van der Waals surface area contributed by atoms with Gasteiger partial charge in [0.15, 0.2) is 17.4 Å². The zero-order chi connectivity index (χ0) is 20.8. The van der Waals surface area contributed by atoms with E-state index in [0.717, 1.165) is 5.56 Å². The van der Waals surface area contributed by atoms with E-state index >= 15 is 0 Å². The van der Waals surface area contributed by atoms with Gasteiger partial charge in [0, 0.05) is 5.56 Å². The number of aliphatic hydroxyl groups is 3. The summed E-state index contributed by atoms with van der Waals surface area (Å²) in [6.45, 7) is -0.464. The molecule has 1 aliphatic rings. The molecule has 12 heteroatoms. The number of ether oxygens (including phenoxy) is 1. The van der Waals surface area contributed by atoms with Gasteiger partial charge in [0.25, 0.3) is 5.95 Å². The molecule has 4 heterocycles. The Hall–Kier alpha value is -3.45. The van der Waals surface area contributed by atoms with Crippen LogP contribution in [0.2, 0.25) is 0 Å². The molecule has 1 saturated heterocycles. The van der Waals surface area contributed by atoms with Gasteiger partial charge in [-0.2, -0.15) is 14.6 Å². The van der Waals surface area contributed by atoms with Crippen LogP contribution in [0.1, 0.15) is 6.23 Å². The minimum Gasteiger partial charge on any atom is -0.492 e. The first-order valence-electron chi connectivity index (χ1n) is 9.11. The summed E-state index contributed by atoms with van der Waals surface area (Å²) in [5, 5.41) is 48.1. The van der Waals surface area contributed by atoms with Crippen molar-refractivity contribution in [1.82, 2.24) is 34.5 Å². The smallest absolute Gasteiger partial charge is 0.257 e. The van der Waals surface area contributed by atoms with E-state index in [4.69, 9.17) is 4.74 Å². The third kappa shape index (κ3) is 2.90. The van der Waals surface area contributed by atoms with Crippen molar-refractivity contribution in [2.24, 2.45) is 0 Å². The maximum Gasteiger partial charge on any atom is 0.257 e. The van der Waals surface area contributed by atoms with Gasteiger partial charge in [0.05, 0.1) is 19.1 Å². The van der Waals surface area contributed by atoms with Crippen LogP contribution in [-0.2, 0) is 4.74 Å². The number of imidazole rings is 1. The molecular weight excluding hydrogens is 394 g/mol. The summed E-state index contributed by atoms with van der Waals surface area (Å²) in [5.41, 5.74) is 1.69. The molecule has 12 nitrogen and oxygen atoms in total. The average Bonchev–Trinajstić information content (AvgIpc) is 3.48. The third-order valence-corrected chi connectivity index (χ3v) is 4.95. The number of hydrogen-bond acceptors (Lipinski definition) is 10. The van der Waals surface area contributed by atoms with Crippen LogP contribution in [0.25, 0.3) is 28.4 Å². The van der Waals surface area contributed by atoms with Crippen molar-refractivity contribution < 1.29 is 25.2 Å². The van der Waals surface area contributed by atoms with Crippen molar-refractivity contribution in [3.8, 4) is 23.1 Å². The van der Waals surface area contributed by atoms with Gasteiger partial charge in [-0.15, -0.1) is 5.10 Å². The number of aromatic nitrogens is 7. The van der Waals surface area contributed by atoms with Crippen LogP contribution in [0.4, 0.5) is 0 Å². The predicted molar refractivity (Wildman–Crippen MR) is 100 cm³/mol. The number of hydrogen-bond donors (Lipinski definition) is 4. The van der Waals surface area contributed by atoms with Crippen LogP contribution in [0.5, 0.6) is 5.88 Å². The van der Waals surface area contributed by atoms with E-state index in [2.05, 4.69) is 25.3 Å². The predicted octanol–water partition coefficient (Wildman–Crippen LogP) is -0.609. The lowest BCUT2D eigenvalue weighted by Gasteiger charge is -2.16. The molecule has 0 radical (unpaired) electrons. The molecule has 4 N–H and O–H groups in total.